The van der Waals surface area contributed by atoms with Crippen molar-refractivity contribution in [1.29, 1.82) is 0 Å². The first kappa shape index (κ1) is 14.9. The average molecular weight is 262 g/mol. The van der Waals surface area contributed by atoms with Gasteiger partial charge in [0.1, 0.15) is 0 Å². The largest absolute Gasteiger partial charge is 0.316 e. The third kappa shape index (κ3) is 4.56. The van der Waals surface area contributed by atoms with E-state index in [-0.39, 0.29) is 16.7 Å². The number of nitrogens with one attached hydrogen (secondary N) is 1. The number of nitrogens with zero attached hydrogens (tertiary/aromatic N) is 1. The Hall–Kier alpha value is -0.130. The van der Waals surface area contributed by atoms with E-state index in [1.165, 1.54) is 4.31 Å². The van der Waals surface area contributed by atoms with Gasteiger partial charge in [-0.1, -0.05) is 20.8 Å². The van der Waals surface area contributed by atoms with Gasteiger partial charge in [-0.15, -0.1) is 0 Å². The smallest absolute Gasteiger partial charge is 0.216 e. The fraction of sp³-hybridized carbons (Fsp3) is 1.00. The van der Waals surface area contributed by atoms with Gasteiger partial charge in [0.05, 0.1) is 5.25 Å². The molecule has 0 spiro atoms. The SMILES string of the molecule is CN[C@H](CN(C)S(=O)(=O)C1CC1)CC(C)(C)C. The maximum atomic E-state index is 12.0. The quantitative estimate of drug-likeness (QED) is 0.788. The highest BCUT2D eigenvalue weighted by Crippen LogP contribution is 2.30. The molecule has 0 heterocycles. The van der Waals surface area contributed by atoms with Gasteiger partial charge in [-0.3, -0.25) is 0 Å². The van der Waals surface area contributed by atoms with Crippen LogP contribution >= 0.6 is 0 Å². The molecule has 0 aliphatic heterocycles. The number of hydrogen-bond donors (Lipinski definition) is 1. The molecule has 0 aromatic carbocycles. The van der Waals surface area contributed by atoms with Crippen molar-refractivity contribution >= 4 is 10.0 Å². The summed E-state index contributed by atoms with van der Waals surface area (Å²) in [6.45, 7) is 7.08. The summed E-state index contributed by atoms with van der Waals surface area (Å²) in [7, 11) is 0.559. The van der Waals surface area contributed by atoms with Crippen LogP contribution in [0.5, 0.6) is 0 Å². The summed E-state index contributed by atoms with van der Waals surface area (Å²) in [4.78, 5) is 0. The molecule has 1 aliphatic carbocycles. The van der Waals surface area contributed by atoms with Gasteiger partial charge >= 0.3 is 0 Å². The van der Waals surface area contributed by atoms with Crippen LogP contribution in [0.4, 0.5) is 0 Å². The minimum atomic E-state index is -3.03. The first-order valence-electron chi connectivity index (χ1n) is 6.29. The van der Waals surface area contributed by atoms with E-state index in [2.05, 4.69) is 26.1 Å². The van der Waals surface area contributed by atoms with Gasteiger partial charge in [0.2, 0.25) is 10.0 Å². The van der Waals surface area contributed by atoms with Crippen molar-refractivity contribution in [2.45, 2.75) is 51.3 Å². The Morgan fingerprint density at radius 3 is 2.24 bits per heavy atom. The Morgan fingerprint density at radius 1 is 1.35 bits per heavy atom. The van der Waals surface area contributed by atoms with Crippen LogP contribution in [-0.4, -0.2) is 44.7 Å². The van der Waals surface area contributed by atoms with Crippen molar-refractivity contribution in [2.24, 2.45) is 5.41 Å². The first-order chi connectivity index (χ1) is 7.66. The van der Waals surface area contributed by atoms with Crippen LogP contribution in [0.2, 0.25) is 0 Å². The Balaban J connectivity index is 2.56. The van der Waals surface area contributed by atoms with Crippen molar-refractivity contribution in [3.05, 3.63) is 0 Å². The van der Waals surface area contributed by atoms with Crippen molar-refractivity contribution in [1.82, 2.24) is 9.62 Å². The molecule has 4 nitrogen and oxygen atoms in total. The Kier molecular flexibility index (Phi) is 4.60. The fourth-order valence-corrected chi connectivity index (χ4v) is 3.66. The fourth-order valence-electron chi connectivity index (χ4n) is 2.03. The summed E-state index contributed by atoms with van der Waals surface area (Å²) in [6.07, 6.45) is 2.63. The minimum Gasteiger partial charge on any atom is -0.316 e. The van der Waals surface area contributed by atoms with Gasteiger partial charge in [0.25, 0.3) is 0 Å². The molecule has 17 heavy (non-hydrogen) atoms. The van der Waals surface area contributed by atoms with E-state index in [0.29, 0.717) is 6.54 Å². The summed E-state index contributed by atoms with van der Waals surface area (Å²) in [5.74, 6) is 0. The molecule has 0 unspecified atom stereocenters. The topological polar surface area (TPSA) is 49.4 Å². The summed E-state index contributed by atoms with van der Waals surface area (Å²) < 4.78 is 25.5. The number of rotatable bonds is 6. The molecule has 0 bridgehead atoms. The molecule has 1 atom stereocenters. The predicted octanol–water partition coefficient (Wildman–Crippen LogP) is 1.43. The zero-order valence-corrected chi connectivity index (χ0v) is 12.5. The minimum absolute atomic E-state index is 0.111. The van der Waals surface area contributed by atoms with E-state index < -0.39 is 10.0 Å². The molecule has 1 rings (SSSR count). The molecule has 1 N–H and O–H groups in total. The standard InChI is InChI=1S/C12H26N2O2S/c1-12(2,3)8-10(13-4)9-14(5)17(15,16)11-6-7-11/h10-11,13H,6-9H2,1-5H3/t10-/m0/s1. The summed E-state index contributed by atoms with van der Waals surface area (Å²) in [5.41, 5.74) is 0.206. The molecule has 0 amide bonds. The molecular formula is C12H26N2O2S. The van der Waals surface area contributed by atoms with Gasteiger partial charge in [-0.05, 0) is 31.7 Å². The maximum absolute atomic E-state index is 12.0. The van der Waals surface area contributed by atoms with E-state index in [1.807, 2.05) is 7.05 Å². The van der Waals surface area contributed by atoms with E-state index in [1.54, 1.807) is 7.05 Å². The maximum Gasteiger partial charge on any atom is 0.216 e. The summed E-state index contributed by atoms with van der Waals surface area (Å²) in [6, 6.07) is 0.216. The lowest BCUT2D eigenvalue weighted by molar-refractivity contribution is 0.288. The molecule has 1 aliphatic rings. The summed E-state index contributed by atoms with van der Waals surface area (Å²) in [5, 5.41) is 3.10. The number of sulfonamides is 1. The van der Waals surface area contributed by atoms with E-state index in [4.69, 9.17) is 0 Å². The van der Waals surface area contributed by atoms with Crippen LogP contribution in [0.1, 0.15) is 40.0 Å². The van der Waals surface area contributed by atoms with Gasteiger partial charge < -0.3 is 5.32 Å². The zero-order chi connectivity index (χ0) is 13.3. The highest BCUT2D eigenvalue weighted by Gasteiger charge is 2.39. The Morgan fingerprint density at radius 2 is 1.88 bits per heavy atom. The molecule has 1 fully saturated rings. The van der Waals surface area contributed by atoms with Crippen LogP contribution in [-0.2, 0) is 10.0 Å². The number of hydrogen-bond acceptors (Lipinski definition) is 3. The molecule has 5 heteroatoms. The van der Waals surface area contributed by atoms with Crippen molar-refractivity contribution in [3.8, 4) is 0 Å². The van der Waals surface area contributed by atoms with Crippen molar-refractivity contribution in [2.75, 3.05) is 20.6 Å². The van der Waals surface area contributed by atoms with Crippen LogP contribution < -0.4 is 5.32 Å². The highest BCUT2D eigenvalue weighted by molar-refractivity contribution is 7.90. The molecule has 102 valence electrons. The molecule has 1 saturated carbocycles. The van der Waals surface area contributed by atoms with Gasteiger partial charge in [0.15, 0.2) is 0 Å². The van der Waals surface area contributed by atoms with Gasteiger partial charge in [-0.25, -0.2) is 12.7 Å². The van der Waals surface area contributed by atoms with E-state index in [0.717, 1.165) is 19.3 Å². The van der Waals surface area contributed by atoms with E-state index >= 15 is 0 Å². The second-order valence-corrected chi connectivity index (χ2v) is 8.60. The van der Waals surface area contributed by atoms with Crippen LogP contribution in [0.3, 0.4) is 0 Å². The average Bonchev–Trinajstić information content (AvgIpc) is 2.97. The lowest BCUT2D eigenvalue weighted by atomic mass is 9.88. The molecule has 0 aromatic heterocycles. The van der Waals surface area contributed by atoms with Crippen LogP contribution in [0.25, 0.3) is 0 Å². The zero-order valence-electron chi connectivity index (χ0n) is 11.7. The molecule has 0 saturated heterocycles. The van der Waals surface area contributed by atoms with Gasteiger partial charge in [-0.2, -0.15) is 0 Å². The third-order valence-electron chi connectivity index (χ3n) is 3.12. The lowest BCUT2D eigenvalue weighted by Crippen LogP contribution is -2.43. The first-order valence-corrected chi connectivity index (χ1v) is 7.79. The predicted molar refractivity (Wildman–Crippen MR) is 71.5 cm³/mol. The lowest BCUT2D eigenvalue weighted by Gasteiger charge is -2.29. The van der Waals surface area contributed by atoms with Crippen molar-refractivity contribution in [3.63, 3.8) is 0 Å². The van der Waals surface area contributed by atoms with Gasteiger partial charge in [0, 0.05) is 19.6 Å². The molecule has 0 aromatic rings. The second-order valence-electron chi connectivity index (χ2n) is 6.28. The van der Waals surface area contributed by atoms with Crippen LogP contribution in [0.15, 0.2) is 0 Å². The van der Waals surface area contributed by atoms with Crippen molar-refractivity contribution < 1.29 is 8.42 Å². The summed E-state index contributed by atoms with van der Waals surface area (Å²) >= 11 is 0. The highest BCUT2D eigenvalue weighted by atomic mass is 32.2. The third-order valence-corrected chi connectivity index (χ3v) is 5.46. The Bertz CT molecular complexity index is 342. The van der Waals surface area contributed by atoms with E-state index in [9.17, 15) is 8.42 Å². The normalized spacial score (nSPS) is 19.6. The Labute approximate surface area is 106 Å². The number of likely N-dealkylation sites (N-methyl/N-ethyl adjacent to an activating group) is 2. The molecule has 0 radical (unpaired) electrons. The van der Waals surface area contributed by atoms with Crippen LogP contribution in [0, 0.1) is 5.41 Å². The molecular weight excluding hydrogens is 236 g/mol. The monoisotopic (exact) mass is 262 g/mol. The second kappa shape index (κ2) is 5.24.